The standard InChI is InChI=1S/C19H26N2O4/c22-11-10-21-14-19(8-6-17(21)23)7-1-9-20(13-19)12-15-2-4-16(5-3-15)18(24)25/h2-5,22H,1,6-14H2,(H,24,25)/t19-/m1/s1. The van der Waals surface area contributed by atoms with Gasteiger partial charge >= 0.3 is 5.97 Å². The maximum absolute atomic E-state index is 12.0. The number of carboxylic acid groups (broad SMARTS) is 1. The molecule has 1 aromatic rings. The molecule has 0 radical (unpaired) electrons. The first kappa shape index (κ1) is 17.9. The van der Waals surface area contributed by atoms with E-state index in [-0.39, 0.29) is 17.9 Å². The van der Waals surface area contributed by atoms with Gasteiger partial charge in [-0.3, -0.25) is 9.69 Å². The van der Waals surface area contributed by atoms with E-state index in [1.807, 2.05) is 17.0 Å². The number of hydrogen-bond acceptors (Lipinski definition) is 4. The van der Waals surface area contributed by atoms with Gasteiger partial charge in [-0.1, -0.05) is 12.1 Å². The summed E-state index contributed by atoms with van der Waals surface area (Å²) >= 11 is 0. The first-order chi connectivity index (χ1) is 12.0. The second kappa shape index (κ2) is 7.54. The second-order valence-corrected chi connectivity index (χ2v) is 7.36. The number of piperidine rings is 2. The van der Waals surface area contributed by atoms with Crippen LogP contribution in [-0.4, -0.2) is 64.7 Å². The van der Waals surface area contributed by atoms with E-state index in [1.54, 1.807) is 12.1 Å². The average molecular weight is 346 g/mol. The van der Waals surface area contributed by atoms with Crippen molar-refractivity contribution in [3.8, 4) is 0 Å². The van der Waals surface area contributed by atoms with Crippen molar-refractivity contribution in [1.82, 2.24) is 9.80 Å². The van der Waals surface area contributed by atoms with Gasteiger partial charge in [-0.05, 0) is 43.5 Å². The number of amides is 1. The molecular weight excluding hydrogens is 320 g/mol. The van der Waals surface area contributed by atoms with Crippen LogP contribution in [0.25, 0.3) is 0 Å². The molecule has 2 saturated heterocycles. The second-order valence-electron chi connectivity index (χ2n) is 7.36. The molecular formula is C19H26N2O4. The maximum Gasteiger partial charge on any atom is 0.335 e. The first-order valence-corrected chi connectivity index (χ1v) is 8.95. The molecule has 3 rings (SSSR count). The van der Waals surface area contributed by atoms with Crippen LogP contribution < -0.4 is 0 Å². The summed E-state index contributed by atoms with van der Waals surface area (Å²) in [5, 5.41) is 18.2. The van der Waals surface area contributed by atoms with E-state index < -0.39 is 5.97 Å². The first-order valence-electron chi connectivity index (χ1n) is 8.95. The summed E-state index contributed by atoms with van der Waals surface area (Å²) in [6, 6.07) is 7.07. The van der Waals surface area contributed by atoms with Gasteiger partial charge < -0.3 is 15.1 Å². The summed E-state index contributed by atoms with van der Waals surface area (Å²) < 4.78 is 0. The lowest BCUT2D eigenvalue weighted by atomic mass is 9.73. The van der Waals surface area contributed by atoms with E-state index in [4.69, 9.17) is 5.11 Å². The Morgan fingerprint density at radius 1 is 1.16 bits per heavy atom. The van der Waals surface area contributed by atoms with Crippen LogP contribution in [0.1, 0.15) is 41.6 Å². The smallest absolute Gasteiger partial charge is 0.335 e. The Labute approximate surface area is 148 Å². The number of carbonyl (C=O) groups excluding carboxylic acids is 1. The van der Waals surface area contributed by atoms with Gasteiger partial charge in [0.25, 0.3) is 0 Å². The summed E-state index contributed by atoms with van der Waals surface area (Å²) in [7, 11) is 0. The van der Waals surface area contributed by atoms with Gasteiger partial charge in [-0.25, -0.2) is 4.79 Å². The molecule has 0 aromatic heterocycles. The number of aliphatic hydroxyl groups excluding tert-OH is 1. The molecule has 2 fully saturated rings. The monoisotopic (exact) mass is 346 g/mol. The zero-order chi connectivity index (χ0) is 17.9. The Hall–Kier alpha value is -1.92. The molecule has 6 nitrogen and oxygen atoms in total. The number of benzene rings is 1. The van der Waals surface area contributed by atoms with Crippen LogP contribution in [0.4, 0.5) is 0 Å². The van der Waals surface area contributed by atoms with Gasteiger partial charge in [0.15, 0.2) is 0 Å². The fourth-order valence-electron chi connectivity index (χ4n) is 4.22. The molecule has 0 bridgehead atoms. The van der Waals surface area contributed by atoms with Crippen LogP contribution in [0.15, 0.2) is 24.3 Å². The van der Waals surface area contributed by atoms with E-state index in [2.05, 4.69) is 4.90 Å². The number of carbonyl (C=O) groups is 2. The number of likely N-dealkylation sites (tertiary alicyclic amines) is 2. The molecule has 0 unspecified atom stereocenters. The lowest BCUT2D eigenvalue weighted by Crippen LogP contribution is -2.54. The van der Waals surface area contributed by atoms with E-state index in [0.717, 1.165) is 51.0 Å². The molecule has 6 heteroatoms. The number of aromatic carboxylic acids is 1. The lowest BCUT2D eigenvalue weighted by Gasteiger charge is -2.48. The number of β-amino-alcohol motifs (C(OH)–C–C–N with tert-alkyl or cyclic N) is 1. The number of nitrogens with zero attached hydrogens (tertiary/aromatic N) is 2. The van der Waals surface area contributed by atoms with Crippen molar-refractivity contribution in [1.29, 1.82) is 0 Å². The molecule has 1 atom stereocenters. The molecule has 2 N–H and O–H groups in total. The molecule has 0 aliphatic carbocycles. The van der Waals surface area contributed by atoms with Crippen molar-refractivity contribution in [2.45, 2.75) is 32.2 Å². The fraction of sp³-hybridized carbons (Fsp3) is 0.579. The largest absolute Gasteiger partial charge is 0.478 e. The van der Waals surface area contributed by atoms with Gasteiger partial charge in [0, 0.05) is 38.0 Å². The molecule has 2 heterocycles. The fourth-order valence-corrected chi connectivity index (χ4v) is 4.22. The third-order valence-corrected chi connectivity index (χ3v) is 5.47. The highest BCUT2D eigenvalue weighted by atomic mass is 16.4. The minimum atomic E-state index is -0.903. The zero-order valence-electron chi connectivity index (χ0n) is 14.5. The topological polar surface area (TPSA) is 81.1 Å². The van der Waals surface area contributed by atoms with Gasteiger partial charge in [-0.2, -0.15) is 0 Å². The van der Waals surface area contributed by atoms with Gasteiger partial charge in [-0.15, -0.1) is 0 Å². The highest BCUT2D eigenvalue weighted by Crippen LogP contribution is 2.39. The summed E-state index contributed by atoms with van der Waals surface area (Å²) in [5.41, 5.74) is 1.55. The van der Waals surface area contributed by atoms with Crippen LogP contribution in [0.3, 0.4) is 0 Å². The molecule has 25 heavy (non-hydrogen) atoms. The van der Waals surface area contributed by atoms with E-state index in [1.165, 1.54) is 0 Å². The average Bonchev–Trinajstić information content (AvgIpc) is 2.59. The van der Waals surface area contributed by atoms with Crippen molar-refractivity contribution in [3.63, 3.8) is 0 Å². The molecule has 136 valence electrons. The molecule has 1 amide bonds. The number of carboxylic acids is 1. The predicted octanol–water partition coefficient (Wildman–Crippen LogP) is 1.58. The van der Waals surface area contributed by atoms with Gasteiger partial charge in [0.05, 0.1) is 12.2 Å². The minimum absolute atomic E-state index is 0.0153. The molecule has 2 aliphatic rings. The van der Waals surface area contributed by atoms with Crippen molar-refractivity contribution >= 4 is 11.9 Å². The minimum Gasteiger partial charge on any atom is -0.478 e. The van der Waals surface area contributed by atoms with Crippen LogP contribution in [0, 0.1) is 5.41 Å². The van der Waals surface area contributed by atoms with Crippen LogP contribution >= 0.6 is 0 Å². The quantitative estimate of drug-likeness (QED) is 0.846. The Balaban J connectivity index is 1.64. The van der Waals surface area contributed by atoms with Crippen molar-refractivity contribution < 1.29 is 19.8 Å². The number of hydrogen-bond donors (Lipinski definition) is 2. The zero-order valence-corrected chi connectivity index (χ0v) is 14.5. The lowest BCUT2D eigenvalue weighted by molar-refractivity contribution is -0.140. The summed E-state index contributed by atoms with van der Waals surface area (Å²) in [6.45, 7) is 3.95. The van der Waals surface area contributed by atoms with Gasteiger partial charge in [0.1, 0.15) is 0 Å². The SMILES string of the molecule is O=C(O)c1ccc(CN2CCC[C@@]3(CCC(=O)N(CCO)C3)C2)cc1. The maximum atomic E-state index is 12.0. The number of rotatable bonds is 5. The highest BCUT2D eigenvalue weighted by Gasteiger charge is 2.41. The van der Waals surface area contributed by atoms with Crippen LogP contribution in [0.2, 0.25) is 0 Å². The molecule has 2 aliphatic heterocycles. The Bertz CT molecular complexity index is 631. The Morgan fingerprint density at radius 2 is 1.92 bits per heavy atom. The third kappa shape index (κ3) is 4.19. The third-order valence-electron chi connectivity index (χ3n) is 5.47. The summed E-state index contributed by atoms with van der Waals surface area (Å²) in [6.07, 6.45) is 3.72. The van der Waals surface area contributed by atoms with E-state index in [0.29, 0.717) is 18.5 Å². The van der Waals surface area contributed by atoms with Crippen LogP contribution in [-0.2, 0) is 11.3 Å². The van der Waals surface area contributed by atoms with Crippen molar-refractivity contribution in [2.75, 3.05) is 32.8 Å². The Morgan fingerprint density at radius 3 is 2.60 bits per heavy atom. The highest BCUT2D eigenvalue weighted by molar-refractivity contribution is 5.87. The number of aliphatic hydroxyl groups is 1. The van der Waals surface area contributed by atoms with E-state index in [9.17, 15) is 14.7 Å². The Kier molecular flexibility index (Phi) is 5.39. The van der Waals surface area contributed by atoms with Crippen molar-refractivity contribution in [2.24, 2.45) is 5.41 Å². The van der Waals surface area contributed by atoms with Gasteiger partial charge in [0.2, 0.25) is 5.91 Å². The van der Waals surface area contributed by atoms with Crippen LogP contribution in [0.5, 0.6) is 0 Å². The summed E-state index contributed by atoms with van der Waals surface area (Å²) in [4.78, 5) is 27.2. The molecule has 0 saturated carbocycles. The molecule has 1 aromatic carbocycles. The van der Waals surface area contributed by atoms with E-state index >= 15 is 0 Å². The van der Waals surface area contributed by atoms with Crippen molar-refractivity contribution in [3.05, 3.63) is 35.4 Å². The predicted molar refractivity (Wildman–Crippen MR) is 93.2 cm³/mol. The molecule has 1 spiro atoms. The normalized spacial score (nSPS) is 24.7. The summed E-state index contributed by atoms with van der Waals surface area (Å²) in [5.74, 6) is -0.750.